The van der Waals surface area contributed by atoms with E-state index in [0.717, 1.165) is 5.56 Å². The minimum Gasteiger partial charge on any atom is -0.492 e. The summed E-state index contributed by atoms with van der Waals surface area (Å²) in [5, 5.41) is 0.429. The molecule has 0 aliphatic carbocycles. The van der Waals surface area contributed by atoms with Crippen molar-refractivity contribution >= 4 is 21.6 Å². The van der Waals surface area contributed by atoms with Crippen molar-refractivity contribution in [3.8, 4) is 5.75 Å². The number of halogens is 1. The summed E-state index contributed by atoms with van der Waals surface area (Å²) in [6, 6.07) is 13.9. The first-order chi connectivity index (χ1) is 9.99. The van der Waals surface area contributed by atoms with E-state index in [9.17, 15) is 8.42 Å². The van der Waals surface area contributed by atoms with Crippen LogP contribution in [0.2, 0.25) is 5.02 Å². The zero-order valence-electron chi connectivity index (χ0n) is 11.5. The molecule has 0 saturated heterocycles. The van der Waals surface area contributed by atoms with Crippen molar-refractivity contribution in [3.63, 3.8) is 0 Å². The second-order valence-electron chi connectivity index (χ2n) is 4.47. The lowest BCUT2D eigenvalue weighted by Crippen LogP contribution is -2.28. The van der Waals surface area contributed by atoms with Crippen LogP contribution in [0.15, 0.2) is 53.4 Å². The Morgan fingerprint density at radius 2 is 1.86 bits per heavy atom. The van der Waals surface area contributed by atoms with Crippen LogP contribution in [0.1, 0.15) is 5.56 Å². The summed E-state index contributed by atoms with van der Waals surface area (Å²) < 4.78 is 32.1. The van der Waals surface area contributed by atoms with E-state index in [1.807, 2.05) is 37.3 Å². The molecule has 1 N–H and O–H groups in total. The summed E-state index contributed by atoms with van der Waals surface area (Å²) >= 11 is 5.94. The summed E-state index contributed by atoms with van der Waals surface area (Å²) in [6.45, 7) is 2.26. The van der Waals surface area contributed by atoms with E-state index in [0.29, 0.717) is 10.8 Å². The maximum Gasteiger partial charge on any atom is 0.240 e. The van der Waals surface area contributed by atoms with Gasteiger partial charge in [0.2, 0.25) is 10.0 Å². The second kappa shape index (κ2) is 6.93. The Balaban J connectivity index is 1.91. The average Bonchev–Trinajstić information content (AvgIpc) is 2.47. The summed E-state index contributed by atoms with van der Waals surface area (Å²) in [4.78, 5) is 0.151. The standard InChI is InChI=1S/C15H16ClNO3S/c1-12-7-8-14(11-15(12)16)21(18,19)17-9-10-20-13-5-3-2-4-6-13/h2-8,11,17H,9-10H2,1H3. The first-order valence-electron chi connectivity index (χ1n) is 6.43. The number of rotatable bonds is 6. The van der Waals surface area contributed by atoms with Crippen molar-refractivity contribution in [1.29, 1.82) is 0 Å². The average molecular weight is 326 g/mol. The summed E-state index contributed by atoms with van der Waals surface area (Å²) in [6.07, 6.45) is 0. The summed E-state index contributed by atoms with van der Waals surface area (Å²) in [7, 11) is -3.57. The van der Waals surface area contributed by atoms with Crippen molar-refractivity contribution in [3.05, 3.63) is 59.1 Å². The van der Waals surface area contributed by atoms with Crippen LogP contribution in [0.5, 0.6) is 5.75 Å². The minimum absolute atomic E-state index is 0.151. The van der Waals surface area contributed by atoms with Gasteiger partial charge in [0.25, 0.3) is 0 Å². The topological polar surface area (TPSA) is 55.4 Å². The molecule has 4 nitrogen and oxygen atoms in total. The number of hydrogen-bond acceptors (Lipinski definition) is 3. The smallest absolute Gasteiger partial charge is 0.240 e. The fourth-order valence-electron chi connectivity index (χ4n) is 1.69. The fourth-order valence-corrected chi connectivity index (χ4v) is 2.97. The second-order valence-corrected chi connectivity index (χ2v) is 6.64. The molecule has 0 amide bonds. The quantitative estimate of drug-likeness (QED) is 0.831. The molecule has 0 heterocycles. The SMILES string of the molecule is Cc1ccc(S(=O)(=O)NCCOc2ccccc2)cc1Cl. The van der Waals surface area contributed by atoms with E-state index in [1.54, 1.807) is 6.07 Å². The number of hydrogen-bond donors (Lipinski definition) is 1. The van der Waals surface area contributed by atoms with Crippen LogP contribution in [0.4, 0.5) is 0 Å². The predicted molar refractivity (Wildman–Crippen MR) is 83.3 cm³/mol. The normalized spacial score (nSPS) is 11.3. The molecule has 2 aromatic rings. The van der Waals surface area contributed by atoms with Gasteiger partial charge in [-0.05, 0) is 36.8 Å². The fraction of sp³-hybridized carbons (Fsp3) is 0.200. The number of sulfonamides is 1. The van der Waals surface area contributed by atoms with E-state index in [-0.39, 0.29) is 18.0 Å². The van der Waals surface area contributed by atoms with Gasteiger partial charge in [0.1, 0.15) is 12.4 Å². The van der Waals surface area contributed by atoms with E-state index < -0.39 is 10.0 Å². The Labute approximate surface area is 129 Å². The zero-order valence-corrected chi connectivity index (χ0v) is 13.1. The van der Waals surface area contributed by atoms with Gasteiger partial charge in [-0.25, -0.2) is 13.1 Å². The monoisotopic (exact) mass is 325 g/mol. The van der Waals surface area contributed by atoms with Crippen molar-refractivity contribution in [2.24, 2.45) is 0 Å². The van der Waals surface area contributed by atoms with Gasteiger partial charge in [0, 0.05) is 11.6 Å². The van der Waals surface area contributed by atoms with Crippen LogP contribution in [0.25, 0.3) is 0 Å². The van der Waals surface area contributed by atoms with Crippen LogP contribution in [0, 0.1) is 6.92 Å². The minimum atomic E-state index is -3.57. The Bertz CT molecular complexity index is 702. The molecule has 112 valence electrons. The molecule has 0 spiro atoms. The Morgan fingerprint density at radius 3 is 2.52 bits per heavy atom. The lowest BCUT2D eigenvalue weighted by Gasteiger charge is -2.09. The van der Waals surface area contributed by atoms with Crippen LogP contribution in [-0.4, -0.2) is 21.6 Å². The molecule has 0 bridgehead atoms. The third-order valence-corrected chi connectivity index (χ3v) is 4.73. The number of nitrogens with one attached hydrogen (secondary N) is 1. The molecule has 0 aromatic heterocycles. The van der Waals surface area contributed by atoms with E-state index >= 15 is 0 Å². The predicted octanol–water partition coefficient (Wildman–Crippen LogP) is 3.01. The molecule has 0 atom stereocenters. The van der Waals surface area contributed by atoms with Gasteiger partial charge in [0.15, 0.2) is 0 Å². The molecule has 0 saturated carbocycles. The number of ether oxygens (including phenoxy) is 1. The lowest BCUT2D eigenvalue weighted by molar-refractivity contribution is 0.323. The first kappa shape index (κ1) is 15.8. The molecule has 0 fully saturated rings. The van der Waals surface area contributed by atoms with Crippen molar-refractivity contribution in [2.75, 3.05) is 13.2 Å². The molecule has 0 radical (unpaired) electrons. The summed E-state index contributed by atoms with van der Waals surface area (Å²) in [5.41, 5.74) is 0.836. The molecule has 2 rings (SSSR count). The molecule has 0 aliphatic rings. The number of para-hydroxylation sites is 1. The van der Waals surface area contributed by atoms with Crippen molar-refractivity contribution in [1.82, 2.24) is 4.72 Å². The molecule has 0 aliphatic heterocycles. The molecular formula is C15H16ClNO3S. The highest BCUT2D eigenvalue weighted by molar-refractivity contribution is 7.89. The molecule has 21 heavy (non-hydrogen) atoms. The van der Waals surface area contributed by atoms with Gasteiger partial charge in [0.05, 0.1) is 4.90 Å². The van der Waals surface area contributed by atoms with Crippen LogP contribution in [-0.2, 0) is 10.0 Å². The third kappa shape index (κ3) is 4.46. The van der Waals surface area contributed by atoms with Gasteiger partial charge in [-0.1, -0.05) is 35.9 Å². The molecule has 2 aromatic carbocycles. The van der Waals surface area contributed by atoms with Gasteiger partial charge < -0.3 is 4.74 Å². The van der Waals surface area contributed by atoms with Gasteiger partial charge in [-0.3, -0.25) is 0 Å². The highest BCUT2D eigenvalue weighted by Crippen LogP contribution is 2.19. The van der Waals surface area contributed by atoms with Gasteiger partial charge in [-0.15, -0.1) is 0 Å². The molecular weight excluding hydrogens is 310 g/mol. The van der Waals surface area contributed by atoms with Crippen molar-refractivity contribution in [2.45, 2.75) is 11.8 Å². The van der Waals surface area contributed by atoms with Gasteiger partial charge >= 0.3 is 0 Å². The maximum absolute atomic E-state index is 12.1. The van der Waals surface area contributed by atoms with E-state index in [1.165, 1.54) is 12.1 Å². The Kier molecular flexibility index (Phi) is 5.22. The number of benzene rings is 2. The first-order valence-corrected chi connectivity index (χ1v) is 8.29. The maximum atomic E-state index is 12.1. The number of aryl methyl sites for hydroxylation is 1. The Hall–Kier alpha value is -1.56. The van der Waals surface area contributed by atoms with Crippen LogP contribution >= 0.6 is 11.6 Å². The Morgan fingerprint density at radius 1 is 1.14 bits per heavy atom. The third-order valence-electron chi connectivity index (χ3n) is 2.86. The van der Waals surface area contributed by atoms with E-state index in [2.05, 4.69) is 4.72 Å². The lowest BCUT2D eigenvalue weighted by atomic mass is 10.2. The van der Waals surface area contributed by atoms with Crippen LogP contribution in [0.3, 0.4) is 0 Å². The largest absolute Gasteiger partial charge is 0.492 e. The summed E-state index contributed by atoms with van der Waals surface area (Å²) in [5.74, 6) is 0.704. The van der Waals surface area contributed by atoms with Crippen LogP contribution < -0.4 is 9.46 Å². The molecule has 6 heteroatoms. The molecule has 0 unspecified atom stereocenters. The van der Waals surface area contributed by atoms with E-state index in [4.69, 9.17) is 16.3 Å². The zero-order chi connectivity index (χ0) is 15.3. The highest BCUT2D eigenvalue weighted by atomic mass is 35.5. The highest BCUT2D eigenvalue weighted by Gasteiger charge is 2.14. The van der Waals surface area contributed by atoms with Gasteiger partial charge in [-0.2, -0.15) is 0 Å². The van der Waals surface area contributed by atoms with Crippen molar-refractivity contribution < 1.29 is 13.2 Å².